The summed E-state index contributed by atoms with van der Waals surface area (Å²) in [6.07, 6.45) is 3.48. The van der Waals surface area contributed by atoms with Gasteiger partial charge in [-0.2, -0.15) is 0 Å². The van der Waals surface area contributed by atoms with Crippen molar-refractivity contribution in [2.75, 3.05) is 25.1 Å². The van der Waals surface area contributed by atoms with Crippen molar-refractivity contribution in [3.05, 3.63) is 23.5 Å². The summed E-state index contributed by atoms with van der Waals surface area (Å²) in [7, 11) is 0. The highest BCUT2D eigenvalue weighted by atomic mass is 35.5. The molecule has 1 aliphatic heterocycles. The number of carbonyl (C=O) groups is 1. The van der Waals surface area contributed by atoms with Gasteiger partial charge in [-0.1, -0.05) is 11.6 Å². The molecular formula is C11H14ClN3O2. The highest BCUT2D eigenvalue weighted by molar-refractivity contribution is 6.33. The molecule has 1 aromatic rings. The van der Waals surface area contributed by atoms with Gasteiger partial charge in [-0.3, -0.25) is 9.78 Å². The van der Waals surface area contributed by atoms with Gasteiger partial charge in [-0.15, -0.1) is 0 Å². The third kappa shape index (κ3) is 3.66. The van der Waals surface area contributed by atoms with Crippen LogP contribution in [0.2, 0.25) is 5.02 Å². The lowest BCUT2D eigenvalue weighted by Gasteiger charge is -2.23. The van der Waals surface area contributed by atoms with Crippen LogP contribution >= 0.6 is 11.6 Å². The van der Waals surface area contributed by atoms with E-state index in [1.165, 1.54) is 6.20 Å². The Balaban J connectivity index is 1.86. The summed E-state index contributed by atoms with van der Waals surface area (Å²) in [6, 6.07) is 1.71. The first-order valence-electron chi connectivity index (χ1n) is 5.46. The van der Waals surface area contributed by atoms with E-state index in [1.54, 1.807) is 12.3 Å². The van der Waals surface area contributed by atoms with Crippen LogP contribution < -0.4 is 10.6 Å². The molecular weight excluding hydrogens is 242 g/mol. The Morgan fingerprint density at radius 2 is 2.59 bits per heavy atom. The summed E-state index contributed by atoms with van der Waals surface area (Å²) in [5.41, 5.74) is 0.538. The first-order chi connectivity index (χ1) is 8.25. The number of hydrogen-bond donors (Lipinski definition) is 2. The van der Waals surface area contributed by atoms with Gasteiger partial charge < -0.3 is 15.4 Å². The monoisotopic (exact) mass is 255 g/mol. The molecule has 1 atom stereocenters. The van der Waals surface area contributed by atoms with Crippen molar-refractivity contribution < 1.29 is 9.53 Å². The van der Waals surface area contributed by atoms with Gasteiger partial charge >= 0.3 is 0 Å². The number of carbonyl (C=O) groups excluding carboxylic acids is 1. The zero-order chi connectivity index (χ0) is 12.1. The summed E-state index contributed by atoms with van der Waals surface area (Å²) >= 11 is 5.92. The third-order valence-electron chi connectivity index (χ3n) is 2.47. The van der Waals surface area contributed by atoms with Crippen LogP contribution in [-0.4, -0.2) is 36.7 Å². The van der Waals surface area contributed by atoms with Crippen molar-refractivity contribution in [1.29, 1.82) is 0 Å². The second kappa shape index (κ2) is 5.95. The summed E-state index contributed by atoms with van der Waals surface area (Å²) in [5, 5.41) is 6.43. The minimum Gasteiger partial charge on any atom is -0.378 e. The smallest absolute Gasteiger partial charge is 0.226 e. The standard InChI is InChI=1S/C11H14ClN3O2/c12-9-1-2-13-6-10(9)15-11(16)5-8-7-17-4-3-14-8/h1-2,6,8,14H,3-5,7H2,(H,15,16). The molecule has 2 rings (SSSR count). The molecule has 1 aromatic heterocycles. The van der Waals surface area contributed by atoms with E-state index >= 15 is 0 Å². The SMILES string of the molecule is O=C(CC1COCCN1)Nc1cnccc1Cl. The minimum absolute atomic E-state index is 0.0687. The van der Waals surface area contributed by atoms with E-state index in [2.05, 4.69) is 15.6 Å². The van der Waals surface area contributed by atoms with Gasteiger partial charge in [0.2, 0.25) is 5.91 Å². The highest BCUT2D eigenvalue weighted by Crippen LogP contribution is 2.19. The number of nitrogens with one attached hydrogen (secondary N) is 2. The van der Waals surface area contributed by atoms with Crippen molar-refractivity contribution in [2.24, 2.45) is 0 Å². The number of rotatable bonds is 3. The highest BCUT2D eigenvalue weighted by Gasteiger charge is 2.17. The van der Waals surface area contributed by atoms with Crippen LogP contribution in [0, 0.1) is 0 Å². The summed E-state index contributed by atoms with van der Waals surface area (Å²) in [4.78, 5) is 15.6. The van der Waals surface area contributed by atoms with E-state index in [9.17, 15) is 4.79 Å². The molecule has 1 amide bonds. The normalized spacial score (nSPS) is 19.9. The van der Waals surface area contributed by atoms with Gasteiger partial charge in [0, 0.05) is 25.2 Å². The lowest BCUT2D eigenvalue weighted by molar-refractivity contribution is -0.117. The summed E-state index contributed by atoms with van der Waals surface area (Å²) in [6.45, 7) is 2.05. The Kier molecular flexibility index (Phi) is 4.30. The van der Waals surface area contributed by atoms with Gasteiger partial charge in [-0.05, 0) is 6.07 Å². The van der Waals surface area contributed by atoms with Gasteiger partial charge in [0.15, 0.2) is 0 Å². The quantitative estimate of drug-likeness (QED) is 0.848. The predicted octanol–water partition coefficient (Wildman–Crippen LogP) is 1.05. The molecule has 0 spiro atoms. The third-order valence-corrected chi connectivity index (χ3v) is 2.80. The second-order valence-corrected chi connectivity index (χ2v) is 4.24. The lowest BCUT2D eigenvalue weighted by Crippen LogP contribution is -2.43. The van der Waals surface area contributed by atoms with Crippen molar-refractivity contribution in [1.82, 2.24) is 10.3 Å². The van der Waals surface area contributed by atoms with Crippen LogP contribution in [0.5, 0.6) is 0 Å². The van der Waals surface area contributed by atoms with E-state index in [0.717, 1.165) is 6.54 Å². The summed E-state index contributed by atoms with van der Waals surface area (Å²) in [5.74, 6) is -0.0945. The number of nitrogens with zero attached hydrogens (tertiary/aromatic N) is 1. The largest absolute Gasteiger partial charge is 0.378 e. The molecule has 2 heterocycles. The Bertz CT molecular complexity index is 394. The summed E-state index contributed by atoms with van der Waals surface area (Å²) < 4.78 is 5.28. The molecule has 0 bridgehead atoms. The van der Waals surface area contributed by atoms with Crippen molar-refractivity contribution in [2.45, 2.75) is 12.5 Å². The number of aromatic nitrogens is 1. The maximum absolute atomic E-state index is 11.7. The van der Waals surface area contributed by atoms with E-state index in [4.69, 9.17) is 16.3 Å². The Morgan fingerprint density at radius 1 is 1.71 bits per heavy atom. The Morgan fingerprint density at radius 3 is 3.29 bits per heavy atom. The van der Waals surface area contributed by atoms with E-state index < -0.39 is 0 Å². The molecule has 6 heteroatoms. The van der Waals surface area contributed by atoms with Crippen LogP contribution in [0.1, 0.15) is 6.42 Å². The minimum atomic E-state index is -0.0945. The molecule has 2 N–H and O–H groups in total. The van der Waals surface area contributed by atoms with Crippen molar-refractivity contribution >= 4 is 23.2 Å². The van der Waals surface area contributed by atoms with Crippen LogP contribution in [0.4, 0.5) is 5.69 Å². The fourth-order valence-electron chi connectivity index (χ4n) is 1.65. The maximum atomic E-state index is 11.7. The number of pyridine rings is 1. The second-order valence-electron chi connectivity index (χ2n) is 3.83. The number of morpholine rings is 1. The Labute approximate surface area is 105 Å². The fourth-order valence-corrected chi connectivity index (χ4v) is 1.80. The first kappa shape index (κ1) is 12.3. The Hall–Kier alpha value is -1.17. The maximum Gasteiger partial charge on any atom is 0.226 e. The van der Waals surface area contributed by atoms with E-state index in [1.807, 2.05) is 0 Å². The van der Waals surface area contributed by atoms with Crippen molar-refractivity contribution in [3.8, 4) is 0 Å². The van der Waals surface area contributed by atoms with Crippen molar-refractivity contribution in [3.63, 3.8) is 0 Å². The molecule has 92 valence electrons. The van der Waals surface area contributed by atoms with E-state index in [0.29, 0.717) is 30.3 Å². The molecule has 5 nitrogen and oxygen atoms in total. The molecule has 0 aromatic carbocycles. The molecule has 1 fully saturated rings. The van der Waals surface area contributed by atoms with Crippen LogP contribution in [0.25, 0.3) is 0 Å². The van der Waals surface area contributed by atoms with Crippen LogP contribution in [0.15, 0.2) is 18.5 Å². The topological polar surface area (TPSA) is 63.2 Å². The van der Waals surface area contributed by atoms with Gasteiger partial charge in [0.25, 0.3) is 0 Å². The zero-order valence-corrected chi connectivity index (χ0v) is 10.0. The van der Waals surface area contributed by atoms with Crippen LogP contribution in [0.3, 0.4) is 0 Å². The van der Waals surface area contributed by atoms with E-state index in [-0.39, 0.29) is 11.9 Å². The number of ether oxygens (including phenoxy) is 1. The lowest BCUT2D eigenvalue weighted by atomic mass is 10.2. The van der Waals surface area contributed by atoms with Gasteiger partial charge in [0.1, 0.15) is 0 Å². The average Bonchev–Trinajstić information content (AvgIpc) is 2.33. The molecule has 17 heavy (non-hydrogen) atoms. The number of hydrogen-bond acceptors (Lipinski definition) is 4. The molecule has 1 aliphatic rings. The van der Waals surface area contributed by atoms with Gasteiger partial charge in [0.05, 0.1) is 30.1 Å². The molecule has 0 radical (unpaired) electrons. The fraction of sp³-hybridized carbons (Fsp3) is 0.455. The molecule has 1 saturated heterocycles. The van der Waals surface area contributed by atoms with Crippen LogP contribution in [-0.2, 0) is 9.53 Å². The molecule has 0 aliphatic carbocycles. The zero-order valence-electron chi connectivity index (χ0n) is 9.28. The predicted molar refractivity (Wildman–Crippen MR) is 65.1 cm³/mol. The number of amides is 1. The number of halogens is 1. The average molecular weight is 256 g/mol. The number of anilines is 1. The molecule has 1 unspecified atom stereocenters. The van der Waals surface area contributed by atoms with Gasteiger partial charge in [-0.25, -0.2) is 0 Å². The first-order valence-corrected chi connectivity index (χ1v) is 5.84. The molecule has 0 saturated carbocycles.